The number of aromatic nitrogens is 1. The van der Waals surface area contributed by atoms with Gasteiger partial charge in [-0.15, -0.1) is 0 Å². The predicted molar refractivity (Wildman–Crippen MR) is 101 cm³/mol. The van der Waals surface area contributed by atoms with Crippen LogP contribution in [0.25, 0.3) is 10.9 Å². The number of carbonyl (C=O) groups is 1. The first-order valence-corrected chi connectivity index (χ1v) is 9.37. The maximum Gasteiger partial charge on any atom is 0.237 e. The molecule has 0 spiro atoms. The number of nitrogens with zero attached hydrogens (tertiary/aromatic N) is 4. The number of anilines is 1. The molecule has 2 atom stereocenters. The van der Waals surface area contributed by atoms with Gasteiger partial charge >= 0.3 is 0 Å². The lowest BCUT2D eigenvalue weighted by atomic mass is 10.1. The average Bonchev–Trinajstić information content (AvgIpc) is 3.33. The van der Waals surface area contributed by atoms with Crippen molar-refractivity contribution in [1.82, 2.24) is 14.8 Å². The molecule has 6 nitrogen and oxygen atoms in total. The number of amides is 1. The summed E-state index contributed by atoms with van der Waals surface area (Å²) in [5.41, 5.74) is 1.23. The SMILES string of the molecule is N#C[C@@H]1CCCN1C(=O)CN1CC[C@@H](Nc2ccc(F)c3ncccc23)C1. The Morgan fingerprint density at radius 2 is 2.22 bits per heavy atom. The normalized spacial score (nSPS) is 22.9. The molecule has 2 fully saturated rings. The Bertz CT molecular complexity index is 896. The van der Waals surface area contributed by atoms with Crippen molar-refractivity contribution >= 4 is 22.5 Å². The molecule has 0 radical (unpaired) electrons. The lowest BCUT2D eigenvalue weighted by Gasteiger charge is -2.23. The van der Waals surface area contributed by atoms with Crippen LogP contribution in [0.2, 0.25) is 0 Å². The van der Waals surface area contributed by atoms with Crippen LogP contribution in [-0.2, 0) is 4.79 Å². The van der Waals surface area contributed by atoms with Crippen LogP contribution in [0.15, 0.2) is 30.5 Å². The second kappa shape index (κ2) is 7.49. The molecule has 4 rings (SSSR count). The highest BCUT2D eigenvalue weighted by Crippen LogP contribution is 2.26. The molecule has 0 bridgehead atoms. The van der Waals surface area contributed by atoms with E-state index in [9.17, 15) is 9.18 Å². The van der Waals surface area contributed by atoms with E-state index in [1.54, 1.807) is 23.2 Å². The highest BCUT2D eigenvalue weighted by molar-refractivity contribution is 5.91. The fourth-order valence-corrected chi connectivity index (χ4v) is 4.06. The first kappa shape index (κ1) is 17.7. The molecule has 0 saturated carbocycles. The van der Waals surface area contributed by atoms with Gasteiger partial charge in [0.15, 0.2) is 0 Å². The predicted octanol–water partition coefficient (Wildman–Crippen LogP) is 2.37. The van der Waals surface area contributed by atoms with Gasteiger partial charge in [-0.2, -0.15) is 5.26 Å². The zero-order chi connectivity index (χ0) is 18.8. The lowest BCUT2D eigenvalue weighted by Crippen LogP contribution is -2.42. The van der Waals surface area contributed by atoms with Crippen molar-refractivity contribution < 1.29 is 9.18 Å². The summed E-state index contributed by atoms with van der Waals surface area (Å²) in [5, 5.41) is 13.4. The molecule has 2 saturated heterocycles. The first-order valence-electron chi connectivity index (χ1n) is 9.37. The van der Waals surface area contributed by atoms with Crippen LogP contribution in [0.3, 0.4) is 0 Å². The second-order valence-electron chi connectivity index (χ2n) is 7.23. The summed E-state index contributed by atoms with van der Waals surface area (Å²) in [6.07, 6.45) is 4.18. The first-order chi connectivity index (χ1) is 13.2. The molecule has 1 aromatic heterocycles. The summed E-state index contributed by atoms with van der Waals surface area (Å²) in [7, 11) is 0. The van der Waals surface area contributed by atoms with E-state index in [4.69, 9.17) is 5.26 Å². The standard InChI is InChI=1S/C20H22FN5O/c21-17-5-6-18(16-4-1-8-23-20(16)17)24-14-7-10-25(12-14)13-19(27)26-9-2-3-15(26)11-22/h1,4-6,8,14-15,24H,2-3,7,9-10,12-13H2/t14-,15+/m1/s1. The number of nitrogens with one attached hydrogen (secondary N) is 1. The molecule has 0 aliphatic carbocycles. The van der Waals surface area contributed by atoms with Crippen LogP contribution in [0.4, 0.5) is 10.1 Å². The Morgan fingerprint density at radius 1 is 1.33 bits per heavy atom. The number of pyridine rings is 1. The number of nitriles is 1. The maximum absolute atomic E-state index is 13.9. The van der Waals surface area contributed by atoms with E-state index >= 15 is 0 Å². The van der Waals surface area contributed by atoms with Crippen molar-refractivity contribution in [3.63, 3.8) is 0 Å². The van der Waals surface area contributed by atoms with Crippen LogP contribution in [0.1, 0.15) is 19.3 Å². The summed E-state index contributed by atoms with van der Waals surface area (Å²) >= 11 is 0. The number of hydrogen-bond donors (Lipinski definition) is 1. The molecule has 1 amide bonds. The molecule has 2 aromatic rings. The van der Waals surface area contributed by atoms with E-state index in [0.717, 1.165) is 43.4 Å². The van der Waals surface area contributed by atoms with Gasteiger partial charge in [0.05, 0.1) is 12.6 Å². The minimum atomic E-state index is -0.326. The summed E-state index contributed by atoms with van der Waals surface area (Å²) < 4.78 is 13.9. The largest absolute Gasteiger partial charge is 0.380 e. The van der Waals surface area contributed by atoms with Crippen molar-refractivity contribution in [2.75, 3.05) is 31.5 Å². The Balaban J connectivity index is 1.39. The van der Waals surface area contributed by atoms with Crippen molar-refractivity contribution in [3.8, 4) is 6.07 Å². The topological polar surface area (TPSA) is 72.3 Å². The number of hydrogen-bond acceptors (Lipinski definition) is 5. The van der Waals surface area contributed by atoms with Crippen LogP contribution in [0, 0.1) is 17.1 Å². The van der Waals surface area contributed by atoms with Crippen molar-refractivity contribution in [2.24, 2.45) is 0 Å². The van der Waals surface area contributed by atoms with Crippen LogP contribution < -0.4 is 5.32 Å². The van der Waals surface area contributed by atoms with E-state index < -0.39 is 0 Å². The van der Waals surface area contributed by atoms with E-state index in [1.807, 2.05) is 6.07 Å². The van der Waals surface area contributed by atoms with Gasteiger partial charge < -0.3 is 10.2 Å². The van der Waals surface area contributed by atoms with Gasteiger partial charge in [0.2, 0.25) is 5.91 Å². The van der Waals surface area contributed by atoms with Crippen LogP contribution in [-0.4, -0.2) is 59.0 Å². The van der Waals surface area contributed by atoms with Crippen LogP contribution >= 0.6 is 0 Å². The number of fused-ring (bicyclic) bond motifs is 1. The number of carbonyl (C=O) groups excluding carboxylic acids is 1. The second-order valence-corrected chi connectivity index (χ2v) is 7.23. The molecule has 27 heavy (non-hydrogen) atoms. The Kier molecular flexibility index (Phi) is 4.90. The third-order valence-corrected chi connectivity index (χ3v) is 5.43. The molecule has 2 aliphatic rings. The fourth-order valence-electron chi connectivity index (χ4n) is 4.06. The molecule has 1 aromatic carbocycles. The molecular weight excluding hydrogens is 345 g/mol. The van der Waals surface area contributed by atoms with Gasteiger partial charge in [0.1, 0.15) is 17.4 Å². The van der Waals surface area contributed by atoms with Crippen molar-refractivity contribution in [2.45, 2.75) is 31.3 Å². The average molecular weight is 367 g/mol. The quantitative estimate of drug-likeness (QED) is 0.898. The van der Waals surface area contributed by atoms with Gasteiger partial charge in [-0.3, -0.25) is 14.7 Å². The van der Waals surface area contributed by atoms with E-state index in [0.29, 0.717) is 18.6 Å². The van der Waals surface area contributed by atoms with Crippen molar-refractivity contribution in [3.05, 3.63) is 36.3 Å². The summed E-state index contributed by atoms with van der Waals surface area (Å²) in [4.78, 5) is 20.5. The Hall–Kier alpha value is -2.72. The fraction of sp³-hybridized carbons (Fsp3) is 0.450. The van der Waals surface area contributed by atoms with E-state index in [-0.39, 0.29) is 23.8 Å². The molecular formula is C20H22FN5O. The molecule has 140 valence electrons. The summed E-state index contributed by atoms with van der Waals surface area (Å²) in [6.45, 7) is 2.60. The molecule has 2 aliphatic heterocycles. The van der Waals surface area contributed by atoms with E-state index in [1.165, 1.54) is 6.07 Å². The number of halogens is 1. The highest BCUT2D eigenvalue weighted by Gasteiger charge is 2.31. The third kappa shape index (κ3) is 3.58. The minimum absolute atomic E-state index is 0.0381. The zero-order valence-corrected chi connectivity index (χ0v) is 15.1. The molecule has 0 unspecified atom stereocenters. The maximum atomic E-state index is 13.9. The minimum Gasteiger partial charge on any atom is -0.380 e. The van der Waals surface area contributed by atoms with Crippen LogP contribution in [0.5, 0.6) is 0 Å². The smallest absolute Gasteiger partial charge is 0.237 e. The number of benzene rings is 1. The van der Waals surface area contributed by atoms with Gasteiger partial charge in [-0.05, 0) is 43.5 Å². The van der Waals surface area contributed by atoms with Gasteiger partial charge in [-0.1, -0.05) is 0 Å². The molecule has 1 N–H and O–H groups in total. The highest BCUT2D eigenvalue weighted by atomic mass is 19.1. The van der Waals surface area contributed by atoms with Gasteiger partial charge in [0.25, 0.3) is 0 Å². The molecule has 7 heteroatoms. The summed E-state index contributed by atoms with van der Waals surface area (Å²) in [6, 6.07) is 8.98. The van der Waals surface area contributed by atoms with Crippen molar-refractivity contribution in [1.29, 1.82) is 5.26 Å². The monoisotopic (exact) mass is 367 g/mol. The lowest BCUT2D eigenvalue weighted by molar-refractivity contribution is -0.132. The van der Waals surface area contributed by atoms with Gasteiger partial charge in [-0.25, -0.2) is 4.39 Å². The third-order valence-electron chi connectivity index (χ3n) is 5.43. The number of likely N-dealkylation sites (tertiary alicyclic amines) is 2. The Labute approximate surface area is 157 Å². The molecule has 3 heterocycles. The van der Waals surface area contributed by atoms with E-state index in [2.05, 4.69) is 21.3 Å². The zero-order valence-electron chi connectivity index (χ0n) is 15.1. The number of rotatable bonds is 4. The Morgan fingerprint density at radius 3 is 3.07 bits per heavy atom. The van der Waals surface area contributed by atoms with Gasteiger partial charge in [0, 0.05) is 42.9 Å². The summed E-state index contributed by atoms with van der Waals surface area (Å²) in [5.74, 6) is -0.288.